The van der Waals surface area contributed by atoms with Crippen molar-refractivity contribution in [2.75, 3.05) is 44.1 Å². The van der Waals surface area contributed by atoms with Crippen LogP contribution in [0.25, 0.3) is 0 Å². The number of nitrogens with zero attached hydrogens (tertiary/aromatic N) is 2. The summed E-state index contributed by atoms with van der Waals surface area (Å²) >= 11 is 0. The van der Waals surface area contributed by atoms with Gasteiger partial charge >= 0.3 is 6.09 Å². The Bertz CT molecular complexity index is 1040. The molecule has 0 bridgehead atoms. The molecular weight excluding hydrogens is 446 g/mol. The number of methoxy groups -OCH3 is 1. The molecule has 3 rings (SSSR count). The summed E-state index contributed by atoms with van der Waals surface area (Å²) in [5.74, 6) is -0.714. The molecule has 31 heavy (non-hydrogen) atoms. The fourth-order valence-corrected chi connectivity index (χ4v) is 7.24. The average Bonchev–Trinajstić information content (AvgIpc) is 3.12. The number of carbonyl (C=O) groups excluding carboxylic acids is 2. The number of carbonyl (C=O) groups is 2. The lowest BCUT2D eigenvalue weighted by atomic mass is 9.97. The van der Waals surface area contributed by atoms with Crippen molar-refractivity contribution in [3.05, 3.63) is 24.3 Å². The summed E-state index contributed by atoms with van der Waals surface area (Å²) in [6, 6.07) is 5.35. The standard InChI is InChI=1S/C19H27N3O7S2/c1-21(16-9-11-30(25,26)13-16)18(23)14-4-3-10-22(12-14)31(27,28)17-7-5-15(6-8-17)20-19(24)29-2/h5-8,14,16H,3-4,9-13H2,1-2H3,(H,20,24)/t14-,16+/m1/s1. The number of ether oxygens (including phenoxy) is 1. The molecule has 2 aliphatic rings. The van der Waals surface area contributed by atoms with Gasteiger partial charge in [-0.25, -0.2) is 21.6 Å². The van der Waals surface area contributed by atoms with E-state index in [1.54, 1.807) is 7.05 Å². The van der Waals surface area contributed by atoms with Crippen LogP contribution in [0, 0.1) is 5.92 Å². The van der Waals surface area contributed by atoms with E-state index >= 15 is 0 Å². The van der Waals surface area contributed by atoms with Gasteiger partial charge in [0.25, 0.3) is 0 Å². The summed E-state index contributed by atoms with van der Waals surface area (Å²) in [5.41, 5.74) is 0.394. The van der Waals surface area contributed by atoms with E-state index in [4.69, 9.17) is 0 Å². The molecule has 2 saturated heterocycles. The molecule has 2 aliphatic heterocycles. The quantitative estimate of drug-likeness (QED) is 0.673. The number of anilines is 1. The molecule has 0 unspecified atom stereocenters. The number of sulfonamides is 1. The second-order valence-corrected chi connectivity index (χ2v) is 12.0. The lowest BCUT2D eigenvalue weighted by Crippen LogP contribution is -2.48. The van der Waals surface area contributed by atoms with Gasteiger partial charge in [0, 0.05) is 31.9 Å². The van der Waals surface area contributed by atoms with Crippen molar-refractivity contribution < 1.29 is 31.2 Å². The SMILES string of the molecule is COC(=O)Nc1ccc(S(=O)(=O)N2CCC[C@@H](C(=O)N(C)[C@H]3CCS(=O)(=O)C3)C2)cc1. The monoisotopic (exact) mass is 473 g/mol. The van der Waals surface area contributed by atoms with Crippen LogP contribution in [0.15, 0.2) is 29.2 Å². The van der Waals surface area contributed by atoms with E-state index in [9.17, 15) is 26.4 Å². The van der Waals surface area contributed by atoms with E-state index in [2.05, 4.69) is 10.1 Å². The first-order valence-corrected chi connectivity index (χ1v) is 13.2. The molecule has 10 nitrogen and oxygen atoms in total. The number of piperidine rings is 1. The molecule has 1 aromatic carbocycles. The maximum atomic E-state index is 13.1. The molecule has 1 N–H and O–H groups in total. The Morgan fingerprint density at radius 1 is 1.19 bits per heavy atom. The van der Waals surface area contributed by atoms with Crippen LogP contribution >= 0.6 is 0 Å². The number of hydrogen-bond donors (Lipinski definition) is 1. The van der Waals surface area contributed by atoms with E-state index in [0.29, 0.717) is 31.5 Å². The van der Waals surface area contributed by atoms with E-state index in [1.807, 2.05) is 0 Å². The van der Waals surface area contributed by atoms with Gasteiger partial charge in [-0.1, -0.05) is 0 Å². The van der Waals surface area contributed by atoms with Crippen molar-refractivity contribution >= 4 is 37.5 Å². The summed E-state index contributed by atoms with van der Waals surface area (Å²) in [7, 11) is -4.12. The summed E-state index contributed by atoms with van der Waals surface area (Å²) in [6.07, 6.45) is 0.836. The van der Waals surface area contributed by atoms with Gasteiger partial charge in [-0.2, -0.15) is 4.31 Å². The second kappa shape index (κ2) is 9.13. The van der Waals surface area contributed by atoms with Crippen molar-refractivity contribution in [1.29, 1.82) is 0 Å². The van der Waals surface area contributed by atoms with E-state index in [-0.39, 0.29) is 34.9 Å². The molecule has 0 aliphatic carbocycles. The maximum Gasteiger partial charge on any atom is 0.411 e. The van der Waals surface area contributed by atoms with Crippen LogP contribution in [-0.2, 0) is 29.4 Å². The Hall–Kier alpha value is -2.18. The lowest BCUT2D eigenvalue weighted by molar-refractivity contribution is -0.137. The highest BCUT2D eigenvalue weighted by Gasteiger charge is 2.38. The highest BCUT2D eigenvalue weighted by atomic mass is 32.2. The maximum absolute atomic E-state index is 13.1. The van der Waals surface area contributed by atoms with Crippen LogP contribution in [0.5, 0.6) is 0 Å². The fraction of sp³-hybridized carbons (Fsp3) is 0.579. The van der Waals surface area contributed by atoms with E-state index < -0.39 is 31.9 Å². The summed E-state index contributed by atoms with van der Waals surface area (Å²) in [4.78, 5) is 25.7. The number of nitrogens with one attached hydrogen (secondary N) is 1. The molecular formula is C19H27N3O7S2. The number of benzene rings is 1. The molecule has 0 aromatic heterocycles. The van der Waals surface area contributed by atoms with Crippen molar-refractivity contribution in [3.8, 4) is 0 Å². The molecule has 0 spiro atoms. The zero-order valence-corrected chi connectivity index (χ0v) is 19.1. The number of rotatable bonds is 5. The summed E-state index contributed by atoms with van der Waals surface area (Å²) < 4.78 is 55.4. The van der Waals surface area contributed by atoms with Crippen LogP contribution in [0.2, 0.25) is 0 Å². The zero-order chi connectivity index (χ0) is 22.8. The predicted octanol–water partition coefficient (Wildman–Crippen LogP) is 0.911. The van der Waals surface area contributed by atoms with Crippen LogP contribution in [0.3, 0.4) is 0 Å². The van der Waals surface area contributed by atoms with Gasteiger partial charge in [0.2, 0.25) is 15.9 Å². The number of sulfone groups is 1. The summed E-state index contributed by atoms with van der Waals surface area (Å²) in [5, 5.41) is 2.45. The van der Waals surface area contributed by atoms with Crippen molar-refractivity contribution in [2.45, 2.75) is 30.2 Å². The van der Waals surface area contributed by atoms with Gasteiger partial charge in [-0.3, -0.25) is 10.1 Å². The molecule has 12 heteroatoms. The normalized spacial score (nSPS) is 23.8. The van der Waals surface area contributed by atoms with Crippen LogP contribution in [0.4, 0.5) is 10.5 Å². The third kappa shape index (κ3) is 5.36. The highest BCUT2D eigenvalue weighted by molar-refractivity contribution is 7.91. The van der Waals surface area contributed by atoms with E-state index in [1.165, 1.54) is 40.6 Å². The van der Waals surface area contributed by atoms with Crippen molar-refractivity contribution in [3.63, 3.8) is 0 Å². The molecule has 1 aromatic rings. The fourth-order valence-electron chi connectivity index (χ4n) is 3.94. The van der Waals surface area contributed by atoms with Gasteiger partial charge in [-0.15, -0.1) is 0 Å². The minimum Gasteiger partial charge on any atom is -0.453 e. The highest BCUT2D eigenvalue weighted by Crippen LogP contribution is 2.27. The molecule has 2 atom stereocenters. The van der Waals surface area contributed by atoms with Crippen LogP contribution in [-0.4, -0.2) is 82.8 Å². The largest absolute Gasteiger partial charge is 0.453 e. The van der Waals surface area contributed by atoms with Gasteiger partial charge in [0.1, 0.15) is 0 Å². The Morgan fingerprint density at radius 2 is 1.87 bits per heavy atom. The smallest absolute Gasteiger partial charge is 0.411 e. The molecule has 2 heterocycles. The number of hydrogen-bond acceptors (Lipinski definition) is 7. The molecule has 0 saturated carbocycles. The first-order valence-electron chi connectivity index (χ1n) is 9.96. The first kappa shape index (κ1) is 23.5. The molecule has 0 radical (unpaired) electrons. The molecule has 2 fully saturated rings. The lowest BCUT2D eigenvalue weighted by Gasteiger charge is -2.34. The van der Waals surface area contributed by atoms with E-state index in [0.717, 1.165) is 0 Å². The minimum atomic E-state index is -3.82. The minimum absolute atomic E-state index is 0.0457. The third-order valence-corrected chi connectivity index (χ3v) is 9.39. The van der Waals surface area contributed by atoms with Gasteiger partial charge in [-0.05, 0) is 43.5 Å². The van der Waals surface area contributed by atoms with Crippen LogP contribution in [0.1, 0.15) is 19.3 Å². The molecule has 2 amide bonds. The van der Waals surface area contributed by atoms with Crippen LogP contribution < -0.4 is 5.32 Å². The predicted molar refractivity (Wildman–Crippen MR) is 114 cm³/mol. The summed E-state index contributed by atoms with van der Waals surface area (Å²) in [6.45, 7) is 0.350. The Balaban J connectivity index is 1.69. The second-order valence-electron chi connectivity index (χ2n) is 7.85. The first-order chi connectivity index (χ1) is 14.5. The Labute approximate surface area is 182 Å². The van der Waals surface area contributed by atoms with Gasteiger partial charge < -0.3 is 9.64 Å². The average molecular weight is 474 g/mol. The van der Waals surface area contributed by atoms with Gasteiger partial charge in [0.15, 0.2) is 9.84 Å². The van der Waals surface area contributed by atoms with Crippen molar-refractivity contribution in [2.24, 2.45) is 5.92 Å². The zero-order valence-electron chi connectivity index (χ0n) is 17.5. The third-order valence-electron chi connectivity index (χ3n) is 5.76. The Kier molecular flexibility index (Phi) is 6.92. The topological polar surface area (TPSA) is 130 Å². The van der Waals surface area contributed by atoms with Gasteiger partial charge in [0.05, 0.1) is 29.4 Å². The van der Waals surface area contributed by atoms with Crippen molar-refractivity contribution in [1.82, 2.24) is 9.21 Å². The number of amides is 2. The molecule has 172 valence electrons. The Morgan fingerprint density at radius 3 is 2.45 bits per heavy atom.